The van der Waals surface area contributed by atoms with E-state index in [1.54, 1.807) is 0 Å². The number of pyridine rings is 1. The van der Waals surface area contributed by atoms with E-state index in [4.69, 9.17) is 0 Å². The normalized spacial score (nSPS) is 17.6. The number of piperidine rings is 1. The minimum atomic E-state index is -0.0886. The van der Waals surface area contributed by atoms with Crippen molar-refractivity contribution in [1.29, 1.82) is 0 Å². The van der Waals surface area contributed by atoms with Gasteiger partial charge >= 0.3 is 0 Å². The van der Waals surface area contributed by atoms with Crippen molar-refractivity contribution < 1.29 is 4.79 Å². The summed E-state index contributed by atoms with van der Waals surface area (Å²) in [5.74, 6) is 0.0145. The molecule has 0 spiro atoms. The van der Waals surface area contributed by atoms with Crippen LogP contribution in [0.25, 0.3) is 0 Å². The lowest BCUT2D eigenvalue weighted by molar-refractivity contribution is 0.0851. The number of rotatable bonds is 2. The number of likely N-dealkylation sites (tertiary alicyclic amines) is 1. The first kappa shape index (κ1) is 17.6. The van der Waals surface area contributed by atoms with Crippen LogP contribution in [0, 0.1) is 13.8 Å². The molecule has 1 amide bonds. The van der Waals surface area contributed by atoms with Gasteiger partial charge in [0.1, 0.15) is 0 Å². The maximum absolute atomic E-state index is 12.4. The van der Waals surface area contributed by atoms with Crippen molar-refractivity contribution >= 4 is 5.91 Å². The molecule has 4 heteroatoms. The molecule has 1 fully saturated rings. The lowest BCUT2D eigenvalue weighted by Crippen LogP contribution is -2.52. The van der Waals surface area contributed by atoms with Crippen molar-refractivity contribution in [2.24, 2.45) is 0 Å². The molecule has 1 aromatic heterocycles. The van der Waals surface area contributed by atoms with Gasteiger partial charge in [-0.1, -0.05) is 13.8 Å². The maximum Gasteiger partial charge on any atom is 0.251 e. The van der Waals surface area contributed by atoms with Gasteiger partial charge in [0.15, 0.2) is 0 Å². The van der Waals surface area contributed by atoms with Gasteiger partial charge in [-0.05, 0) is 52.8 Å². The Kier molecular flexibility index (Phi) is 6.34. The third-order valence-electron chi connectivity index (χ3n) is 3.85. The number of carbonyl (C=O) groups is 1. The summed E-state index contributed by atoms with van der Waals surface area (Å²) in [6.45, 7) is 12.0. The van der Waals surface area contributed by atoms with Crippen LogP contribution in [-0.4, -0.2) is 41.5 Å². The molecule has 0 radical (unpaired) electrons. The smallest absolute Gasteiger partial charge is 0.251 e. The van der Waals surface area contributed by atoms with Gasteiger partial charge in [-0.3, -0.25) is 9.78 Å². The minimum Gasteiger partial charge on any atom is -0.347 e. The summed E-state index contributed by atoms with van der Waals surface area (Å²) in [5, 5.41) is 3.19. The monoisotopic (exact) mass is 291 g/mol. The van der Waals surface area contributed by atoms with Crippen LogP contribution in [0.15, 0.2) is 12.1 Å². The van der Waals surface area contributed by atoms with Crippen LogP contribution in [0.4, 0.5) is 0 Å². The number of aromatic nitrogens is 1. The van der Waals surface area contributed by atoms with Crippen molar-refractivity contribution in [2.75, 3.05) is 20.1 Å². The molecule has 0 bridgehead atoms. The molecule has 1 aliphatic rings. The highest BCUT2D eigenvalue weighted by Crippen LogP contribution is 2.21. The van der Waals surface area contributed by atoms with Crippen LogP contribution in [0.5, 0.6) is 0 Å². The molecule has 1 saturated heterocycles. The van der Waals surface area contributed by atoms with Gasteiger partial charge in [0, 0.05) is 35.6 Å². The van der Waals surface area contributed by atoms with E-state index in [0.717, 1.165) is 37.3 Å². The van der Waals surface area contributed by atoms with E-state index in [1.165, 1.54) is 0 Å². The lowest BCUT2D eigenvalue weighted by atomic mass is 9.89. The Morgan fingerprint density at radius 3 is 2.14 bits per heavy atom. The van der Waals surface area contributed by atoms with Gasteiger partial charge < -0.3 is 10.2 Å². The van der Waals surface area contributed by atoms with E-state index in [2.05, 4.69) is 29.2 Å². The Hall–Kier alpha value is -1.42. The maximum atomic E-state index is 12.4. The molecule has 0 aliphatic carbocycles. The number of amides is 1. The number of hydrogen-bond acceptors (Lipinski definition) is 3. The number of hydrogen-bond donors (Lipinski definition) is 1. The van der Waals surface area contributed by atoms with Crippen LogP contribution in [0.2, 0.25) is 0 Å². The molecule has 1 N–H and O–H groups in total. The zero-order valence-electron chi connectivity index (χ0n) is 14.3. The van der Waals surface area contributed by atoms with E-state index < -0.39 is 0 Å². The molecule has 0 aromatic carbocycles. The predicted molar refractivity (Wildman–Crippen MR) is 87.7 cm³/mol. The van der Waals surface area contributed by atoms with E-state index in [0.29, 0.717) is 5.56 Å². The average molecular weight is 291 g/mol. The molecule has 0 unspecified atom stereocenters. The van der Waals surface area contributed by atoms with Gasteiger partial charge in [-0.25, -0.2) is 0 Å². The highest BCUT2D eigenvalue weighted by molar-refractivity contribution is 5.94. The molecule has 2 heterocycles. The quantitative estimate of drug-likeness (QED) is 0.911. The van der Waals surface area contributed by atoms with E-state index in [1.807, 2.05) is 39.8 Å². The Bertz CT molecular complexity index is 457. The second-order valence-corrected chi connectivity index (χ2v) is 5.96. The highest BCUT2D eigenvalue weighted by atomic mass is 16.1. The second kappa shape index (κ2) is 7.55. The average Bonchev–Trinajstić information content (AvgIpc) is 2.43. The van der Waals surface area contributed by atoms with Crippen LogP contribution < -0.4 is 5.32 Å². The molecule has 21 heavy (non-hydrogen) atoms. The van der Waals surface area contributed by atoms with Crippen molar-refractivity contribution in [2.45, 2.75) is 53.0 Å². The Morgan fingerprint density at radius 2 is 1.67 bits per heavy atom. The standard InChI is InChI=1S/C15H23N3O.C2H6/c1-11-9-13(10-12(2)16-11)14(19)17-15(3)5-7-18(4)8-6-15;1-2/h9-10H,5-8H2,1-4H3,(H,17,19);1-2H3. The summed E-state index contributed by atoms with van der Waals surface area (Å²) < 4.78 is 0. The van der Waals surface area contributed by atoms with Gasteiger partial charge in [0.2, 0.25) is 0 Å². The zero-order valence-corrected chi connectivity index (χ0v) is 14.3. The molecule has 4 nitrogen and oxygen atoms in total. The molecule has 0 saturated carbocycles. The largest absolute Gasteiger partial charge is 0.347 e. The summed E-state index contributed by atoms with van der Waals surface area (Å²) in [6.07, 6.45) is 2.00. The number of carbonyl (C=O) groups excluding carboxylic acids is 1. The van der Waals surface area contributed by atoms with E-state index in [-0.39, 0.29) is 11.4 Å². The fourth-order valence-corrected chi connectivity index (χ4v) is 2.55. The number of nitrogens with one attached hydrogen (secondary N) is 1. The van der Waals surface area contributed by atoms with Gasteiger partial charge in [-0.15, -0.1) is 0 Å². The molecule has 0 atom stereocenters. The van der Waals surface area contributed by atoms with Crippen LogP contribution >= 0.6 is 0 Å². The van der Waals surface area contributed by atoms with E-state index >= 15 is 0 Å². The first-order valence-corrected chi connectivity index (χ1v) is 7.84. The zero-order chi connectivity index (χ0) is 16.0. The van der Waals surface area contributed by atoms with Crippen LogP contribution in [0.1, 0.15) is 55.4 Å². The summed E-state index contributed by atoms with van der Waals surface area (Å²) in [5.41, 5.74) is 2.40. The molecule has 1 aromatic rings. The van der Waals surface area contributed by atoms with Crippen LogP contribution in [-0.2, 0) is 0 Å². The summed E-state index contributed by atoms with van der Waals surface area (Å²) in [6, 6.07) is 3.70. The summed E-state index contributed by atoms with van der Waals surface area (Å²) in [7, 11) is 2.12. The van der Waals surface area contributed by atoms with Crippen molar-refractivity contribution in [3.8, 4) is 0 Å². The SMILES string of the molecule is CC.Cc1cc(C(=O)NC2(C)CCN(C)CC2)cc(C)n1. The predicted octanol–water partition coefficient (Wildman–Crippen LogP) is 2.94. The second-order valence-electron chi connectivity index (χ2n) is 5.96. The fourth-order valence-electron chi connectivity index (χ4n) is 2.55. The van der Waals surface area contributed by atoms with E-state index in [9.17, 15) is 4.79 Å². The molecule has 2 rings (SSSR count). The number of nitrogens with zero attached hydrogens (tertiary/aromatic N) is 2. The molecular formula is C17H29N3O. The summed E-state index contributed by atoms with van der Waals surface area (Å²) in [4.78, 5) is 19.0. The third kappa shape index (κ3) is 5.12. The van der Waals surface area contributed by atoms with Crippen LogP contribution in [0.3, 0.4) is 0 Å². The van der Waals surface area contributed by atoms with Gasteiger partial charge in [-0.2, -0.15) is 0 Å². The van der Waals surface area contributed by atoms with Crippen molar-refractivity contribution in [3.63, 3.8) is 0 Å². The minimum absolute atomic E-state index is 0.0145. The lowest BCUT2D eigenvalue weighted by Gasteiger charge is -2.38. The third-order valence-corrected chi connectivity index (χ3v) is 3.85. The molecule has 118 valence electrons. The van der Waals surface area contributed by atoms with Gasteiger partial charge in [0.05, 0.1) is 0 Å². The molecular weight excluding hydrogens is 262 g/mol. The highest BCUT2D eigenvalue weighted by Gasteiger charge is 2.30. The topological polar surface area (TPSA) is 45.2 Å². The fraction of sp³-hybridized carbons (Fsp3) is 0.647. The Balaban J connectivity index is 0.00000106. The van der Waals surface area contributed by atoms with Gasteiger partial charge in [0.25, 0.3) is 5.91 Å². The Morgan fingerprint density at radius 1 is 1.19 bits per heavy atom. The van der Waals surface area contributed by atoms with Crippen molar-refractivity contribution in [3.05, 3.63) is 29.1 Å². The Labute approximate surface area is 129 Å². The summed E-state index contributed by atoms with van der Waals surface area (Å²) >= 11 is 0. The first-order chi connectivity index (χ1) is 9.88. The first-order valence-electron chi connectivity index (χ1n) is 7.84. The molecule has 1 aliphatic heterocycles. The van der Waals surface area contributed by atoms with Crippen molar-refractivity contribution in [1.82, 2.24) is 15.2 Å². The number of aryl methyl sites for hydroxylation is 2.